The molecule has 0 aliphatic carbocycles. The number of ether oxygens (including phenoxy) is 1. The first kappa shape index (κ1) is 21.6. The summed E-state index contributed by atoms with van der Waals surface area (Å²) in [5.41, 5.74) is 2.30. The highest BCUT2D eigenvalue weighted by molar-refractivity contribution is 7.90. The SMILES string of the molecule is Cc1nc(-c2cccc(NC(=O)CCCOc3ccc(S(C)(=O)=O)cc3)c2)oc1C. The molecule has 1 N–H and O–H groups in total. The van der Waals surface area contributed by atoms with Gasteiger partial charge in [-0.05, 0) is 62.7 Å². The Kier molecular flexibility index (Phi) is 6.56. The molecule has 0 radical (unpaired) electrons. The molecule has 3 rings (SSSR count). The van der Waals surface area contributed by atoms with Crippen molar-refractivity contribution in [3.05, 3.63) is 60.0 Å². The molecule has 0 aliphatic rings. The fourth-order valence-electron chi connectivity index (χ4n) is 2.76. The van der Waals surface area contributed by atoms with Crippen LogP contribution in [-0.2, 0) is 14.6 Å². The third-order valence-corrected chi connectivity index (χ3v) is 5.62. The standard InChI is InChI=1S/C22H24N2O5S/c1-15-16(2)29-22(23-15)17-6-4-7-18(14-17)24-21(25)8-5-13-28-19-9-11-20(12-10-19)30(3,26)27/h4,6-7,9-12,14H,5,8,13H2,1-3H3,(H,24,25). The first-order valence-electron chi connectivity index (χ1n) is 9.49. The quantitative estimate of drug-likeness (QED) is 0.541. The predicted octanol–water partition coefficient (Wildman–Crippen LogP) is 4.16. The van der Waals surface area contributed by atoms with Gasteiger partial charge in [-0.3, -0.25) is 4.79 Å². The minimum atomic E-state index is -3.23. The number of rotatable bonds is 8. The Hall–Kier alpha value is -3.13. The highest BCUT2D eigenvalue weighted by Gasteiger charge is 2.10. The van der Waals surface area contributed by atoms with E-state index in [1.807, 2.05) is 38.1 Å². The molecule has 1 heterocycles. The maximum Gasteiger partial charge on any atom is 0.226 e. The molecule has 30 heavy (non-hydrogen) atoms. The van der Waals surface area contributed by atoms with Crippen molar-refractivity contribution in [2.24, 2.45) is 0 Å². The number of hydrogen-bond donors (Lipinski definition) is 1. The number of carbonyl (C=O) groups is 1. The molecule has 0 fully saturated rings. The number of nitrogens with one attached hydrogen (secondary N) is 1. The molecule has 1 amide bonds. The van der Waals surface area contributed by atoms with Gasteiger partial charge in [-0.1, -0.05) is 6.07 Å². The van der Waals surface area contributed by atoms with Gasteiger partial charge in [0.2, 0.25) is 11.8 Å². The van der Waals surface area contributed by atoms with E-state index in [0.29, 0.717) is 36.8 Å². The highest BCUT2D eigenvalue weighted by Crippen LogP contribution is 2.24. The lowest BCUT2D eigenvalue weighted by molar-refractivity contribution is -0.116. The van der Waals surface area contributed by atoms with Crippen LogP contribution in [0.15, 0.2) is 57.8 Å². The maximum atomic E-state index is 12.2. The van der Waals surface area contributed by atoms with Crippen molar-refractivity contribution < 1.29 is 22.4 Å². The molecule has 3 aromatic rings. The average molecular weight is 429 g/mol. The van der Waals surface area contributed by atoms with E-state index < -0.39 is 9.84 Å². The van der Waals surface area contributed by atoms with E-state index >= 15 is 0 Å². The van der Waals surface area contributed by atoms with Crippen molar-refractivity contribution in [1.82, 2.24) is 4.98 Å². The summed E-state index contributed by atoms with van der Waals surface area (Å²) < 4.78 is 34.1. The van der Waals surface area contributed by atoms with Crippen LogP contribution in [0, 0.1) is 13.8 Å². The van der Waals surface area contributed by atoms with Crippen LogP contribution >= 0.6 is 0 Å². The molecule has 0 atom stereocenters. The zero-order valence-electron chi connectivity index (χ0n) is 17.1. The Bertz CT molecular complexity index is 1120. The van der Waals surface area contributed by atoms with Crippen molar-refractivity contribution in [1.29, 1.82) is 0 Å². The van der Waals surface area contributed by atoms with Gasteiger partial charge in [-0.15, -0.1) is 0 Å². The van der Waals surface area contributed by atoms with Gasteiger partial charge in [-0.2, -0.15) is 0 Å². The summed E-state index contributed by atoms with van der Waals surface area (Å²) in [5.74, 6) is 1.73. The summed E-state index contributed by atoms with van der Waals surface area (Å²) in [4.78, 5) is 16.8. The van der Waals surface area contributed by atoms with Crippen molar-refractivity contribution in [3.8, 4) is 17.2 Å². The Morgan fingerprint density at radius 2 is 1.87 bits per heavy atom. The molecule has 1 aromatic heterocycles. The number of amides is 1. The highest BCUT2D eigenvalue weighted by atomic mass is 32.2. The molecule has 158 valence electrons. The van der Waals surface area contributed by atoms with E-state index in [4.69, 9.17) is 9.15 Å². The second-order valence-corrected chi connectivity index (χ2v) is 9.00. The Balaban J connectivity index is 1.47. The van der Waals surface area contributed by atoms with Gasteiger partial charge in [0.05, 0.1) is 17.2 Å². The molecule has 2 aromatic carbocycles. The summed E-state index contributed by atoms with van der Waals surface area (Å²) >= 11 is 0. The van der Waals surface area contributed by atoms with Crippen LogP contribution in [0.2, 0.25) is 0 Å². The number of anilines is 1. The van der Waals surface area contributed by atoms with Crippen LogP contribution in [0.4, 0.5) is 5.69 Å². The zero-order chi connectivity index (χ0) is 21.7. The second-order valence-electron chi connectivity index (χ2n) is 6.99. The summed E-state index contributed by atoms with van der Waals surface area (Å²) in [6.07, 6.45) is 1.98. The first-order chi connectivity index (χ1) is 14.2. The Morgan fingerprint density at radius 3 is 2.50 bits per heavy atom. The van der Waals surface area contributed by atoms with E-state index in [9.17, 15) is 13.2 Å². The molecule has 7 nitrogen and oxygen atoms in total. The van der Waals surface area contributed by atoms with Crippen LogP contribution in [0.5, 0.6) is 5.75 Å². The van der Waals surface area contributed by atoms with Gasteiger partial charge in [-0.25, -0.2) is 13.4 Å². The molecule has 0 bridgehead atoms. The van der Waals surface area contributed by atoms with Crippen molar-refractivity contribution in [2.75, 3.05) is 18.2 Å². The van der Waals surface area contributed by atoms with Gasteiger partial charge in [0.15, 0.2) is 9.84 Å². The zero-order valence-corrected chi connectivity index (χ0v) is 18.0. The van der Waals surface area contributed by atoms with Crippen LogP contribution in [0.1, 0.15) is 24.3 Å². The van der Waals surface area contributed by atoms with Gasteiger partial charge in [0.1, 0.15) is 11.5 Å². The number of aromatic nitrogens is 1. The maximum absolute atomic E-state index is 12.2. The fraction of sp³-hybridized carbons (Fsp3) is 0.273. The van der Waals surface area contributed by atoms with E-state index in [1.165, 1.54) is 12.1 Å². The fourth-order valence-corrected chi connectivity index (χ4v) is 3.39. The molecule has 8 heteroatoms. The Labute approximate surface area is 176 Å². The van der Waals surface area contributed by atoms with Gasteiger partial charge >= 0.3 is 0 Å². The summed E-state index contributed by atoms with van der Waals surface area (Å²) in [6.45, 7) is 4.09. The third kappa shape index (κ3) is 5.70. The van der Waals surface area contributed by atoms with Gasteiger partial charge in [0, 0.05) is 23.9 Å². The summed E-state index contributed by atoms with van der Waals surface area (Å²) in [7, 11) is -3.23. The van der Waals surface area contributed by atoms with Crippen molar-refractivity contribution in [2.45, 2.75) is 31.6 Å². The molecular weight excluding hydrogens is 404 g/mol. The number of benzene rings is 2. The minimum absolute atomic E-state index is 0.122. The normalized spacial score (nSPS) is 11.3. The van der Waals surface area contributed by atoms with E-state index in [1.54, 1.807) is 12.1 Å². The van der Waals surface area contributed by atoms with E-state index in [0.717, 1.165) is 23.3 Å². The van der Waals surface area contributed by atoms with Gasteiger partial charge in [0.25, 0.3) is 0 Å². The number of carbonyl (C=O) groups excluding carboxylic acids is 1. The van der Waals surface area contributed by atoms with Gasteiger partial charge < -0.3 is 14.5 Å². The molecule has 0 spiro atoms. The minimum Gasteiger partial charge on any atom is -0.494 e. The lowest BCUT2D eigenvalue weighted by Crippen LogP contribution is -2.12. The third-order valence-electron chi connectivity index (χ3n) is 4.49. The lowest BCUT2D eigenvalue weighted by Gasteiger charge is -2.08. The monoisotopic (exact) mass is 428 g/mol. The predicted molar refractivity (Wildman–Crippen MR) is 114 cm³/mol. The largest absolute Gasteiger partial charge is 0.494 e. The molecule has 0 saturated heterocycles. The number of oxazole rings is 1. The van der Waals surface area contributed by atoms with Crippen LogP contribution < -0.4 is 10.1 Å². The number of aryl methyl sites for hydroxylation is 2. The average Bonchev–Trinajstić information content (AvgIpc) is 3.04. The number of sulfone groups is 1. The summed E-state index contributed by atoms with van der Waals surface area (Å²) in [6, 6.07) is 13.6. The van der Waals surface area contributed by atoms with Crippen LogP contribution in [-0.4, -0.2) is 32.2 Å². The lowest BCUT2D eigenvalue weighted by atomic mass is 10.2. The number of nitrogens with zero attached hydrogens (tertiary/aromatic N) is 1. The first-order valence-corrected chi connectivity index (χ1v) is 11.4. The molecule has 0 aliphatic heterocycles. The topological polar surface area (TPSA) is 98.5 Å². The smallest absolute Gasteiger partial charge is 0.226 e. The molecular formula is C22H24N2O5S. The Morgan fingerprint density at radius 1 is 1.13 bits per heavy atom. The molecule has 0 unspecified atom stereocenters. The van der Waals surface area contributed by atoms with E-state index in [-0.39, 0.29) is 10.8 Å². The van der Waals surface area contributed by atoms with Crippen molar-refractivity contribution >= 4 is 21.4 Å². The van der Waals surface area contributed by atoms with E-state index in [2.05, 4.69) is 10.3 Å². The number of hydrogen-bond acceptors (Lipinski definition) is 6. The second kappa shape index (κ2) is 9.13. The van der Waals surface area contributed by atoms with Crippen molar-refractivity contribution in [3.63, 3.8) is 0 Å². The van der Waals surface area contributed by atoms with Crippen LogP contribution in [0.3, 0.4) is 0 Å². The molecule has 0 saturated carbocycles. The van der Waals surface area contributed by atoms with Crippen LogP contribution in [0.25, 0.3) is 11.5 Å². The summed E-state index contributed by atoms with van der Waals surface area (Å²) in [5, 5.41) is 2.87.